The topological polar surface area (TPSA) is 109 Å². The first-order chi connectivity index (χ1) is 12.4. The zero-order valence-corrected chi connectivity index (χ0v) is 14.8. The third kappa shape index (κ3) is 3.26. The quantitative estimate of drug-likeness (QED) is 0.710. The second-order valence-corrected chi connectivity index (χ2v) is 7.15. The van der Waals surface area contributed by atoms with Gasteiger partial charge in [-0.2, -0.15) is 13.7 Å². The molecule has 0 amide bonds. The number of nitriles is 1. The van der Waals surface area contributed by atoms with Gasteiger partial charge in [0.1, 0.15) is 17.2 Å². The third-order valence-corrected chi connectivity index (χ3v) is 4.99. The first-order valence-electron chi connectivity index (χ1n) is 7.11. The minimum Gasteiger partial charge on any atom is -0.479 e. The summed E-state index contributed by atoms with van der Waals surface area (Å²) in [5.74, 6) is -0.980. The van der Waals surface area contributed by atoms with Crippen LogP contribution in [0.2, 0.25) is 5.02 Å². The molecule has 3 heterocycles. The number of anilines is 1. The van der Waals surface area contributed by atoms with Crippen molar-refractivity contribution in [3.63, 3.8) is 0 Å². The number of nitrogens with one attached hydrogen (secondary N) is 1. The summed E-state index contributed by atoms with van der Waals surface area (Å²) in [6.45, 7) is 0. The van der Waals surface area contributed by atoms with E-state index in [9.17, 15) is 12.8 Å². The minimum absolute atomic E-state index is 0.142. The van der Waals surface area contributed by atoms with Gasteiger partial charge in [-0.3, -0.25) is 9.12 Å². The molecule has 1 N–H and O–H groups in total. The van der Waals surface area contributed by atoms with Crippen molar-refractivity contribution in [1.82, 2.24) is 14.4 Å². The maximum Gasteiger partial charge on any atom is 0.279 e. The number of imidazole rings is 1. The van der Waals surface area contributed by atoms with E-state index in [0.29, 0.717) is 10.7 Å². The van der Waals surface area contributed by atoms with Gasteiger partial charge >= 0.3 is 0 Å². The van der Waals surface area contributed by atoms with Crippen molar-refractivity contribution >= 4 is 33.0 Å². The highest BCUT2D eigenvalue weighted by molar-refractivity contribution is 7.92. The fourth-order valence-electron chi connectivity index (χ4n) is 2.26. The van der Waals surface area contributed by atoms with Gasteiger partial charge in [0, 0.05) is 23.4 Å². The monoisotopic (exact) mass is 395 g/mol. The lowest BCUT2D eigenvalue weighted by molar-refractivity contribution is 0.396. The van der Waals surface area contributed by atoms with E-state index >= 15 is 0 Å². The molecular formula is C15H11ClFN5O3S. The van der Waals surface area contributed by atoms with E-state index in [1.54, 1.807) is 6.07 Å². The Morgan fingerprint density at radius 1 is 1.46 bits per heavy atom. The molecular weight excluding hydrogens is 385 g/mol. The summed E-state index contributed by atoms with van der Waals surface area (Å²) in [5, 5.41) is 8.91. The zero-order valence-electron chi connectivity index (χ0n) is 13.3. The molecule has 0 bridgehead atoms. The summed E-state index contributed by atoms with van der Waals surface area (Å²) >= 11 is 5.86. The second kappa shape index (κ2) is 6.78. The number of aromatic nitrogens is 3. The lowest BCUT2D eigenvalue weighted by Crippen LogP contribution is -2.16. The molecule has 3 aromatic rings. The Bertz CT molecular complexity index is 1140. The number of ether oxygens (including phenoxy) is 1. The smallest absolute Gasteiger partial charge is 0.279 e. The van der Waals surface area contributed by atoms with Crippen molar-refractivity contribution in [1.29, 1.82) is 5.26 Å². The molecule has 134 valence electrons. The molecule has 3 aromatic heterocycles. The van der Waals surface area contributed by atoms with Gasteiger partial charge in [0.25, 0.3) is 10.0 Å². The van der Waals surface area contributed by atoms with Gasteiger partial charge in [0.15, 0.2) is 5.03 Å². The number of halogens is 2. The van der Waals surface area contributed by atoms with E-state index in [1.165, 1.54) is 29.8 Å². The first kappa shape index (κ1) is 17.9. The largest absolute Gasteiger partial charge is 0.479 e. The van der Waals surface area contributed by atoms with Crippen molar-refractivity contribution in [3.8, 4) is 11.9 Å². The van der Waals surface area contributed by atoms with Crippen LogP contribution < -0.4 is 9.46 Å². The number of pyridine rings is 2. The lowest BCUT2D eigenvalue weighted by atomic mass is 10.2. The molecule has 0 saturated heterocycles. The summed E-state index contributed by atoms with van der Waals surface area (Å²) in [6.07, 6.45) is 2.32. The number of rotatable bonds is 5. The summed E-state index contributed by atoms with van der Waals surface area (Å²) in [7, 11) is -2.87. The van der Waals surface area contributed by atoms with Gasteiger partial charge in [-0.15, -0.1) is 0 Å². The second-order valence-electron chi connectivity index (χ2n) is 5.08. The molecule has 0 aliphatic carbocycles. The Kier molecular flexibility index (Phi) is 4.67. The Morgan fingerprint density at radius 2 is 2.23 bits per heavy atom. The summed E-state index contributed by atoms with van der Waals surface area (Å²) in [4.78, 5) is 7.82. The standard InChI is InChI=1S/C15H11ClFN5O3S/c1-25-15-12(7-10(17)11(20-15)2-4-18)21-26(23,24)14-8-19-13-6-9(16)3-5-22(13)14/h3,5-8,21H,2H2,1H3. The SMILES string of the molecule is COc1nc(CC#N)c(F)cc1NS(=O)(=O)c1cnc2cc(Cl)ccn12. The lowest BCUT2D eigenvalue weighted by Gasteiger charge is -2.12. The fraction of sp³-hybridized carbons (Fsp3) is 0.133. The van der Waals surface area contributed by atoms with E-state index in [1.807, 2.05) is 0 Å². The first-order valence-corrected chi connectivity index (χ1v) is 8.97. The number of hydrogen-bond acceptors (Lipinski definition) is 6. The van der Waals surface area contributed by atoms with Crippen LogP contribution in [0.3, 0.4) is 0 Å². The zero-order chi connectivity index (χ0) is 18.9. The van der Waals surface area contributed by atoms with Gasteiger partial charge in [0.05, 0.1) is 31.5 Å². The predicted octanol–water partition coefficient (Wildman–Crippen LogP) is 2.40. The van der Waals surface area contributed by atoms with Crippen molar-refractivity contribution in [3.05, 3.63) is 47.1 Å². The maximum atomic E-state index is 14.0. The van der Waals surface area contributed by atoms with Crippen molar-refractivity contribution in [2.75, 3.05) is 11.8 Å². The average Bonchev–Trinajstić information content (AvgIpc) is 3.01. The molecule has 0 fully saturated rings. The number of sulfonamides is 1. The molecule has 26 heavy (non-hydrogen) atoms. The molecule has 0 aliphatic rings. The van der Waals surface area contributed by atoms with Crippen LogP contribution in [0.5, 0.6) is 5.88 Å². The highest BCUT2D eigenvalue weighted by atomic mass is 35.5. The molecule has 0 aliphatic heterocycles. The Morgan fingerprint density at radius 3 is 2.92 bits per heavy atom. The van der Waals surface area contributed by atoms with E-state index in [-0.39, 0.29) is 28.7 Å². The number of methoxy groups -OCH3 is 1. The molecule has 8 nitrogen and oxygen atoms in total. The van der Waals surface area contributed by atoms with Crippen LogP contribution in [-0.4, -0.2) is 29.9 Å². The normalized spacial score (nSPS) is 11.3. The van der Waals surface area contributed by atoms with Crippen LogP contribution in [0.15, 0.2) is 35.6 Å². The van der Waals surface area contributed by atoms with Crippen LogP contribution in [0, 0.1) is 17.1 Å². The molecule has 0 unspecified atom stereocenters. The Hall–Kier alpha value is -2.90. The molecule has 0 radical (unpaired) electrons. The number of fused-ring (bicyclic) bond motifs is 1. The van der Waals surface area contributed by atoms with Gasteiger partial charge in [0.2, 0.25) is 5.88 Å². The van der Waals surface area contributed by atoms with Gasteiger partial charge in [-0.25, -0.2) is 14.4 Å². The molecule has 3 rings (SSSR count). The minimum atomic E-state index is -4.13. The fourth-order valence-corrected chi connectivity index (χ4v) is 3.56. The van der Waals surface area contributed by atoms with Crippen molar-refractivity contribution < 1.29 is 17.5 Å². The maximum absolute atomic E-state index is 14.0. The van der Waals surface area contributed by atoms with E-state index in [0.717, 1.165) is 12.3 Å². The molecule has 0 saturated carbocycles. The van der Waals surface area contributed by atoms with Crippen LogP contribution in [0.25, 0.3) is 5.65 Å². The highest BCUT2D eigenvalue weighted by Crippen LogP contribution is 2.27. The molecule has 0 atom stereocenters. The molecule has 11 heteroatoms. The van der Waals surface area contributed by atoms with Gasteiger partial charge < -0.3 is 4.74 Å². The van der Waals surface area contributed by atoms with E-state index in [4.69, 9.17) is 21.6 Å². The Balaban J connectivity index is 2.04. The van der Waals surface area contributed by atoms with Crippen LogP contribution in [0.4, 0.5) is 10.1 Å². The van der Waals surface area contributed by atoms with Crippen LogP contribution in [0.1, 0.15) is 5.69 Å². The predicted molar refractivity (Wildman–Crippen MR) is 91.1 cm³/mol. The highest BCUT2D eigenvalue weighted by Gasteiger charge is 2.23. The van der Waals surface area contributed by atoms with Crippen molar-refractivity contribution in [2.45, 2.75) is 11.4 Å². The summed E-state index contributed by atoms with van der Waals surface area (Å²) in [6, 6.07) is 5.69. The average molecular weight is 396 g/mol. The van der Waals surface area contributed by atoms with Crippen LogP contribution >= 0.6 is 11.6 Å². The van der Waals surface area contributed by atoms with Gasteiger partial charge in [-0.1, -0.05) is 11.6 Å². The molecule has 0 aromatic carbocycles. The van der Waals surface area contributed by atoms with E-state index < -0.39 is 15.8 Å². The summed E-state index contributed by atoms with van der Waals surface area (Å²) < 4.78 is 47.9. The number of nitrogens with zero attached hydrogens (tertiary/aromatic N) is 4. The van der Waals surface area contributed by atoms with Gasteiger partial charge in [-0.05, 0) is 6.07 Å². The summed E-state index contributed by atoms with van der Waals surface area (Å²) in [5.41, 5.74) is -0.00846. The number of hydrogen-bond donors (Lipinski definition) is 1. The van der Waals surface area contributed by atoms with E-state index in [2.05, 4.69) is 14.7 Å². The third-order valence-electron chi connectivity index (χ3n) is 3.41. The van der Waals surface area contributed by atoms with Crippen molar-refractivity contribution in [2.24, 2.45) is 0 Å². The van der Waals surface area contributed by atoms with Crippen LogP contribution in [-0.2, 0) is 16.4 Å². The Labute approximate surface area is 152 Å². The molecule has 0 spiro atoms.